The van der Waals surface area contributed by atoms with Gasteiger partial charge in [0.2, 0.25) is 0 Å². The number of likely N-dealkylation sites (tertiary alicyclic amines) is 1. The average Bonchev–Trinajstić information content (AvgIpc) is 3.15. The van der Waals surface area contributed by atoms with E-state index in [2.05, 4.69) is 49.1 Å². The molecular weight excluding hydrogens is 338 g/mol. The summed E-state index contributed by atoms with van der Waals surface area (Å²) in [5, 5.41) is 2.81. The maximum Gasteiger partial charge on any atom is 0.417 e. The summed E-state index contributed by atoms with van der Waals surface area (Å²) in [6, 6.07) is 13.8. The van der Waals surface area contributed by atoms with Crippen LogP contribution in [-0.4, -0.2) is 37.8 Å². The molecule has 2 heterocycles. The molecule has 2 atom stereocenters. The molecule has 2 aromatic rings. The van der Waals surface area contributed by atoms with Crippen molar-refractivity contribution in [1.29, 1.82) is 0 Å². The van der Waals surface area contributed by atoms with Crippen LogP contribution in [0.5, 0.6) is 5.75 Å². The normalized spacial score (nSPS) is 21.3. The Morgan fingerprint density at radius 3 is 2.59 bits per heavy atom. The van der Waals surface area contributed by atoms with E-state index in [0.29, 0.717) is 23.8 Å². The zero-order chi connectivity index (χ0) is 19.1. The highest BCUT2D eigenvalue weighted by Gasteiger charge is 2.43. The summed E-state index contributed by atoms with van der Waals surface area (Å²) in [6.45, 7) is 5.39. The minimum absolute atomic E-state index is 0.406. The molecule has 1 N–H and O–H groups in total. The molecule has 2 unspecified atom stereocenters. The zero-order valence-corrected chi connectivity index (χ0v) is 16.4. The monoisotopic (exact) mass is 365 g/mol. The number of nitrogens with one attached hydrogen (secondary N) is 1. The van der Waals surface area contributed by atoms with Gasteiger partial charge in [0.1, 0.15) is 5.75 Å². The van der Waals surface area contributed by atoms with Crippen LogP contribution < -0.4 is 15.0 Å². The summed E-state index contributed by atoms with van der Waals surface area (Å²) in [4.78, 5) is 17.0. The van der Waals surface area contributed by atoms with Crippen LogP contribution in [0.25, 0.3) is 0 Å². The molecule has 1 amide bonds. The molecule has 4 rings (SSSR count). The lowest BCUT2D eigenvalue weighted by molar-refractivity contribution is 0.215. The number of fused-ring (bicyclic) bond motifs is 3. The number of amides is 1. The molecule has 2 aliphatic rings. The number of likely N-dealkylation sites (N-methyl/N-ethyl adjacent to an activating group) is 2. The topological polar surface area (TPSA) is 44.8 Å². The Morgan fingerprint density at radius 1 is 1.15 bits per heavy atom. The standard InChI is InChI=1S/C22H27N3O2/c1-14(2)15-5-7-16(8-6-15)23-22(26)27-17-9-10-20-19(13-17)18-11-12-24(3)21(18)25(20)4/h5-10,13-14,18,21H,11-12H2,1-4H3,(H,23,26). The van der Waals surface area contributed by atoms with Gasteiger partial charge in [0.05, 0.1) is 6.17 Å². The van der Waals surface area contributed by atoms with E-state index in [9.17, 15) is 4.79 Å². The van der Waals surface area contributed by atoms with Gasteiger partial charge in [-0.15, -0.1) is 0 Å². The average molecular weight is 365 g/mol. The highest BCUT2D eigenvalue weighted by Crippen LogP contribution is 2.47. The minimum atomic E-state index is -0.460. The van der Waals surface area contributed by atoms with Gasteiger partial charge in [0.25, 0.3) is 0 Å². The van der Waals surface area contributed by atoms with Crippen LogP contribution in [0.1, 0.15) is 43.2 Å². The van der Waals surface area contributed by atoms with E-state index in [-0.39, 0.29) is 0 Å². The second-order valence-corrected chi connectivity index (χ2v) is 7.91. The second-order valence-electron chi connectivity index (χ2n) is 7.91. The summed E-state index contributed by atoms with van der Waals surface area (Å²) >= 11 is 0. The van der Waals surface area contributed by atoms with Gasteiger partial charge in [0, 0.05) is 30.9 Å². The molecule has 0 spiro atoms. The fourth-order valence-corrected chi connectivity index (χ4v) is 4.37. The van der Waals surface area contributed by atoms with Gasteiger partial charge in [-0.2, -0.15) is 0 Å². The first-order valence-electron chi connectivity index (χ1n) is 9.60. The first kappa shape index (κ1) is 17.9. The van der Waals surface area contributed by atoms with Gasteiger partial charge in [-0.25, -0.2) is 4.79 Å². The van der Waals surface area contributed by atoms with Gasteiger partial charge in [-0.1, -0.05) is 26.0 Å². The molecule has 5 heteroatoms. The molecule has 2 aliphatic heterocycles. The lowest BCUT2D eigenvalue weighted by atomic mass is 9.98. The predicted octanol–water partition coefficient (Wildman–Crippen LogP) is 4.62. The molecule has 0 aromatic heterocycles. The quantitative estimate of drug-likeness (QED) is 0.862. The van der Waals surface area contributed by atoms with Crippen molar-refractivity contribution < 1.29 is 9.53 Å². The lowest BCUT2D eigenvalue weighted by Gasteiger charge is -2.28. The third-order valence-electron chi connectivity index (χ3n) is 5.81. The van der Waals surface area contributed by atoms with E-state index in [1.807, 2.05) is 36.4 Å². The SMILES string of the molecule is CC(C)c1ccc(NC(=O)Oc2ccc3c(c2)C2CCN(C)C2N3C)cc1. The Kier molecular flexibility index (Phi) is 4.56. The van der Waals surface area contributed by atoms with Crippen molar-refractivity contribution >= 4 is 17.5 Å². The molecule has 0 bridgehead atoms. The lowest BCUT2D eigenvalue weighted by Crippen LogP contribution is -2.39. The van der Waals surface area contributed by atoms with Gasteiger partial charge in [-0.3, -0.25) is 10.2 Å². The Balaban J connectivity index is 1.45. The molecule has 0 aliphatic carbocycles. The van der Waals surface area contributed by atoms with E-state index < -0.39 is 6.09 Å². The third-order valence-corrected chi connectivity index (χ3v) is 5.81. The molecular formula is C22H27N3O2. The van der Waals surface area contributed by atoms with Crippen molar-refractivity contribution in [3.8, 4) is 5.75 Å². The number of hydrogen-bond acceptors (Lipinski definition) is 4. The van der Waals surface area contributed by atoms with Crippen LogP contribution in [0.3, 0.4) is 0 Å². The van der Waals surface area contributed by atoms with Crippen LogP contribution >= 0.6 is 0 Å². The number of rotatable bonds is 3. The number of benzene rings is 2. The van der Waals surface area contributed by atoms with Gasteiger partial charge >= 0.3 is 6.09 Å². The van der Waals surface area contributed by atoms with Crippen LogP contribution in [0.4, 0.5) is 16.2 Å². The Bertz CT molecular complexity index is 847. The maximum absolute atomic E-state index is 12.3. The van der Waals surface area contributed by atoms with Gasteiger partial charge < -0.3 is 9.64 Å². The van der Waals surface area contributed by atoms with Crippen molar-refractivity contribution in [3.63, 3.8) is 0 Å². The van der Waals surface area contributed by atoms with Crippen molar-refractivity contribution in [1.82, 2.24) is 4.90 Å². The Hall–Kier alpha value is -2.53. The van der Waals surface area contributed by atoms with E-state index in [4.69, 9.17) is 4.74 Å². The predicted molar refractivity (Wildman–Crippen MR) is 109 cm³/mol. The number of ether oxygens (including phenoxy) is 1. The number of carbonyl (C=O) groups is 1. The second kappa shape index (κ2) is 6.89. The Morgan fingerprint density at radius 2 is 1.89 bits per heavy atom. The van der Waals surface area contributed by atoms with Gasteiger partial charge in [-0.05, 0) is 60.8 Å². The van der Waals surface area contributed by atoms with Crippen LogP contribution in [-0.2, 0) is 0 Å². The maximum atomic E-state index is 12.3. The third kappa shape index (κ3) is 3.28. The minimum Gasteiger partial charge on any atom is -0.410 e. The summed E-state index contributed by atoms with van der Waals surface area (Å²) in [5.41, 5.74) is 4.49. The molecule has 142 valence electrons. The van der Waals surface area contributed by atoms with E-state index in [0.717, 1.165) is 18.7 Å². The molecule has 0 radical (unpaired) electrons. The van der Waals surface area contributed by atoms with E-state index in [1.165, 1.54) is 16.8 Å². The fraction of sp³-hybridized carbons (Fsp3) is 0.409. The summed E-state index contributed by atoms with van der Waals surface area (Å²) < 4.78 is 5.55. The first-order valence-corrected chi connectivity index (χ1v) is 9.60. The Labute approximate surface area is 160 Å². The van der Waals surface area contributed by atoms with Gasteiger partial charge in [0.15, 0.2) is 0 Å². The highest BCUT2D eigenvalue weighted by atomic mass is 16.6. The largest absolute Gasteiger partial charge is 0.417 e. The number of carbonyl (C=O) groups excluding carboxylic acids is 1. The molecule has 1 fully saturated rings. The van der Waals surface area contributed by atoms with E-state index in [1.54, 1.807) is 0 Å². The molecule has 27 heavy (non-hydrogen) atoms. The van der Waals surface area contributed by atoms with Crippen molar-refractivity contribution in [3.05, 3.63) is 53.6 Å². The van der Waals surface area contributed by atoms with Crippen LogP contribution in [0, 0.1) is 0 Å². The number of hydrogen-bond donors (Lipinski definition) is 1. The zero-order valence-electron chi connectivity index (χ0n) is 16.4. The molecule has 5 nitrogen and oxygen atoms in total. The molecule has 0 saturated carbocycles. The highest BCUT2D eigenvalue weighted by molar-refractivity contribution is 5.86. The van der Waals surface area contributed by atoms with E-state index >= 15 is 0 Å². The van der Waals surface area contributed by atoms with Crippen LogP contribution in [0.15, 0.2) is 42.5 Å². The van der Waals surface area contributed by atoms with Crippen molar-refractivity contribution in [2.45, 2.75) is 38.3 Å². The summed E-state index contributed by atoms with van der Waals surface area (Å²) in [5.74, 6) is 1.54. The number of nitrogens with zero attached hydrogens (tertiary/aromatic N) is 2. The van der Waals surface area contributed by atoms with Crippen LogP contribution in [0.2, 0.25) is 0 Å². The fourth-order valence-electron chi connectivity index (χ4n) is 4.37. The van der Waals surface area contributed by atoms with Crippen molar-refractivity contribution in [2.75, 3.05) is 30.9 Å². The number of anilines is 2. The molecule has 2 aromatic carbocycles. The summed E-state index contributed by atoms with van der Waals surface area (Å²) in [7, 11) is 4.31. The first-order chi connectivity index (χ1) is 12.9. The smallest absolute Gasteiger partial charge is 0.410 e. The molecule has 1 saturated heterocycles. The summed E-state index contributed by atoms with van der Waals surface area (Å²) in [6.07, 6.45) is 1.08. The van der Waals surface area contributed by atoms with Crippen molar-refractivity contribution in [2.24, 2.45) is 0 Å².